The molecule has 0 rings (SSSR count). The molecule has 2 nitrogen and oxygen atoms in total. The summed E-state index contributed by atoms with van der Waals surface area (Å²) in [7, 11) is 0. The summed E-state index contributed by atoms with van der Waals surface area (Å²) in [5.41, 5.74) is 0. The molecule has 0 atom stereocenters. The first-order valence-corrected chi connectivity index (χ1v) is 10.7. The van der Waals surface area contributed by atoms with Gasteiger partial charge in [0.2, 0.25) is 0 Å². The molecule has 0 radical (unpaired) electrons. The summed E-state index contributed by atoms with van der Waals surface area (Å²) in [4.78, 5) is 10.9. The van der Waals surface area contributed by atoms with Gasteiger partial charge >= 0.3 is 90.2 Å². The van der Waals surface area contributed by atoms with E-state index >= 15 is 0 Å². The molecular weight excluding hydrogens is 237 g/mol. The number of allylic oxidation sites excluding steroid dienone is 2. The molecular formula is C11H22GeO2. The van der Waals surface area contributed by atoms with Crippen molar-refractivity contribution >= 4 is 19.4 Å². The van der Waals surface area contributed by atoms with E-state index in [1.165, 1.54) is 0 Å². The van der Waals surface area contributed by atoms with Gasteiger partial charge in [-0.2, -0.15) is 0 Å². The molecule has 0 fully saturated rings. The molecule has 0 aromatic heterocycles. The van der Waals surface area contributed by atoms with Gasteiger partial charge in [0.1, 0.15) is 0 Å². The average molecular weight is 259 g/mol. The van der Waals surface area contributed by atoms with Crippen molar-refractivity contribution < 1.29 is 8.56 Å². The second-order valence-electron chi connectivity index (χ2n) is 3.71. The van der Waals surface area contributed by atoms with Crippen molar-refractivity contribution in [2.45, 2.75) is 50.4 Å². The zero-order chi connectivity index (χ0) is 11.2. The quantitative estimate of drug-likeness (QED) is 0.414. The first-order valence-electron chi connectivity index (χ1n) is 5.37. The monoisotopic (exact) mass is 260 g/mol. The molecule has 0 spiro atoms. The Balaban J connectivity index is 4.52. The first kappa shape index (κ1) is 13.8. The van der Waals surface area contributed by atoms with Crippen molar-refractivity contribution in [3.05, 3.63) is 11.8 Å². The molecule has 0 saturated carbocycles. The Morgan fingerprint density at radius 3 is 1.86 bits per heavy atom. The second-order valence-corrected chi connectivity index (χ2v) is 13.6. The van der Waals surface area contributed by atoms with Gasteiger partial charge in [-0.1, -0.05) is 0 Å². The third-order valence-corrected chi connectivity index (χ3v) is 12.4. The van der Waals surface area contributed by atoms with Crippen molar-refractivity contribution in [3.8, 4) is 0 Å². The molecule has 0 heterocycles. The van der Waals surface area contributed by atoms with E-state index in [2.05, 4.69) is 20.8 Å². The van der Waals surface area contributed by atoms with Crippen LogP contribution in [-0.4, -0.2) is 19.4 Å². The van der Waals surface area contributed by atoms with Crippen LogP contribution in [0.5, 0.6) is 0 Å². The maximum atomic E-state index is 10.9. The predicted molar refractivity (Wildman–Crippen MR) is 62.7 cm³/mol. The average Bonchev–Trinajstić information content (AvgIpc) is 2.13. The van der Waals surface area contributed by atoms with Gasteiger partial charge in [-0.05, 0) is 0 Å². The van der Waals surface area contributed by atoms with Crippen LogP contribution >= 0.6 is 0 Å². The Morgan fingerprint density at radius 1 is 1.14 bits per heavy atom. The zero-order valence-electron chi connectivity index (χ0n) is 10.0. The van der Waals surface area contributed by atoms with Crippen LogP contribution in [-0.2, 0) is 8.56 Å². The van der Waals surface area contributed by atoms with E-state index in [9.17, 15) is 4.79 Å². The van der Waals surface area contributed by atoms with E-state index in [1.807, 2.05) is 6.92 Å². The predicted octanol–water partition coefficient (Wildman–Crippen LogP) is 3.50. The molecule has 0 aliphatic rings. The van der Waals surface area contributed by atoms with Crippen LogP contribution in [0.3, 0.4) is 0 Å². The number of carbonyl (C=O) groups is 1. The maximum absolute atomic E-state index is 10.9. The van der Waals surface area contributed by atoms with E-state index in [1.54, 1.807) is 13.0 Å². The molecule has 0 saturated heterocycles. The molecule has 82 valence electrons. The summed E-state index contributed by atoms with van der Waals surface area (Å²) in [6.45, 7) is 10.1. The van der Waals surface area contributed by atoms with Crippen LogP contribution in [0.15, 0.2) is 11.8 Å². The minimum absolute atomic E-state index is 0.0714. The van der Waals surface area contributed by atoms with Gasteiger partial charge < -0.3 is 0 Å². The molecule has 3 heteroatoms. The Labute approximate surface area is 90.4 Å². The fraction of sp³-hybridized carbons (Fsp3) is 0.727. The minimum atomic E-state index is -2.09. The summed E-state index contributed by atoms with van der Waals surface area (Å²) >= 11 is -2.09. The van der Waals surface area contributed by atoms with E-state index in [4.69, 9.17) is 3.76 Å². The van der Waals surface area contributed by atoms with Crippen molar-refractivity contribution in [2.75, 3.05) is 0 Å². The zero-order valence-corrected chi connectivity index (χ0v) is 12.1. The molecule has 0 aromatic carbocycles. The number of rotatable bonds is 6. The molecule has 0 aromatic rings. The normalized spacial score (nSPS) is 12.8. The third kappa shape index (κ3) is 4.31. The summed E-state index contributed by atoms with van der Waals surface area (Å²) in [5.74, 6) is 0.880. The number of hydrogen-bond acceptors (Lipinski definition) is 2. The van der Waals surface area contributed by atoms with Gasteiger partial charge in [0.25, 0.3) is 0 Å². The van der Waals surface area contributed by atoms with Gasteiger partial charge in [-0.3, -0.25) is 0 Å². The van der Waals surface area contributed by atoms with Crippen LogP contribution < -0.4 is 0 Å². The van der Waals surface area contributed by atoms with Crippen molar-refractivity contribution in [1.29, 1.82) is 0 Å². The number of carbonyl (C=O) groups excluding carboxylic acids is 1. The second kappa shape index (κ2) is 6.28. The standard InChI is InChI=1S/C11H22GeO2/c1-6-12(7-2,8-3)14-11(5)9-10(4)13/h9H,6-8H2,1-5H3. The van der Waals surface area contributed by atoms with Crippen LogP contribution in [0.2, 0.25) is 15.8 Å². The van der Waals surface area contributed by atoms with E-state index in [0.717, 1.165) is 21.5 Å². The molecule has 0 unspecified atom stereocenters. The van der Waals surface area contributed by atoms with E-state index in [0.29, 0.717) is 0 Å². The van der Waals surface area contributed by atoms with E-state index < -0.39 is 13.6 Å². The number of ketones is 1. The van der Waals surface area contributed by atoms with Crippen LogP contribution in [0.4, 0.5) is 0 Å². The summed E-state index contributed by atoms with van der Waals surface area (Å²) < 4.78 is 6.02. The van der Waals surface area contributed by atoms with Crippen LogP contribution in [0, 0.1) is 0 Å². The van der Waals surface area contributed by atoms with E-state index in [-0.39, 0.29) is 5.78 Å². The van der Waals surface area contributed by atoms with Crippen LogP contribution in [0.25, 0.3) is 0 Å². The van der Waals surface area contributed by atoms with Gasteiger partial charge in [0.05, 0.1) is 0 Å². The first-order chi connectivity index (χ1) is 6.49. The topological polar surface area (TPSA) is 26.3 Å². The van der Waals surface area contributed by atoms with Crippen molar-refractivity contribution in [2.24, 2.45) is 0 Å². The van der Waals surface area contributed by atoms with Gasteiger partial charge in [0.15, 0.2) is 0 Å². The summed E-state index contributed by atoms with van der Waals surface area (Å²) in [5, 5.41) is 3.49. The summed E-state index contributed by atoms with van der Waals surface area (Å²) in [6.07, 6.45) is 1.60. The SMILES string of the molecule is C[CH2][Ge]([CH2]C)([CH2]C)[O]C(C)=CC(C)=O. The molecule has 0 N–H and O–H groups in total. The molecule has 0 aliphatic heterocycles. The van der Waals surface area contributed by atoms with Gasteiger partial charge in [-0.25, -0.2) is 0 Å². The van der Waals surface area contributed by atoms with Crippen molar-refractivity contribution in [3.63, 3.8) is 0 Å². The number of hydrogen-bond donors (Lipinski definition) is 0. The molecule has 14 heavy (non-hydrogen) atoms. The fourth-order valence-electron chi connectivity index (χ4n) is 1.62. The Kier molecular flexibility index (Phi) is 6.17. The molecule has 0 bridgehead atoms. The van der Waals surface area contributed by atoms with Gasteiger partial charge in [0, 0.05) is 0 Å². The Bertz CT molecular complexity index is 209. The fourth-order valence-corrected chi connectivity index (χ4v) is 7.24. The molecule has 0 amide bonds. The third-order valence-electron chi connectivity index (χ3n) is 2.72. The Hall–Kier alpha value is -0.247. The molecule has 0 aliphatic carbocycles. The summed E-state index contributed by atoms with van der Waals surface area (Å²) in [6, 6.07) is 0. The van der Waals surface area contributed by atoms with Crippen molar-refractivity contribution in [1.82, 2.24) is 0 Å². The Morgan fingerprint density at radius 2 is 1.57 bits per heavy atom. The van der Waals surface area contributed by atoms with Gasteiger partial charge in [-0.15, -0.1) is 0 Å². The van der Waals surface area contributed by atoms with Crippen LogP contribution in [0.1, 0.15) is 34.6 Å².